The SMILES string of the molecule is Cc1c(-c2ccccc2)cc(-c2ccccc2)c(C)c1-c1ccc(N(c2ccc(-c3cccc(-c4ccccc4)c3)cc2)c2ccc(-c3c(C)c(-c4ccccc4)cc(-c4ccc([Si](C)(C)C)cc4)c3C)cc2)cc1. The predicted octanol–water partition coefficient (Wildman–Crippen LogP) is 20.3. The van der Waals surface area contributed by atoms with Gasteiger partial charge in [-0.15, -0.1) is 0 Å². The van der Waals surface area contributed by atoms with Gasteiger partial charge in [0.25, 0.3) is 0 Å². The maximum absolute atomic E-state index is 2.42. The summed E-state index contributed by atoms with van der Waals surface area (Å²) in [5.41, 5.74) is 28.1. The molecule has 11 aromatic rings. The number of rotatable bonds is 12. The second-order valence-corrected chi connectivity index (χ2v) is 26.1. The molecule has 0 heterocycles. The number of hydrogen-bond donors (Lipinski definition) is 0. The summed E-state index contributed by atoms with van der Waals surface area (Å²) < 4.78 is 0. The monoisotopic (exact) mass is 981 g/mol. The van der Waals surface area contributed by atoms with E-state index in [9.17, 15) is 0 Å². The van der Waals surface area contributed by atoms with E-state index in [4.69, 9.17) is 0 Å². The van der Waals surface area contributed by atoms with Crippen LogP contribution in [-0.2, 0) is 0 Å². The summed E-state index contributed by atoms with van der Waals surface area (Å²) in [7, 11) is -1.46. The van der Waals surface area contributed by atoms with E-state index in [1.54, 1.807) is 0 Å². The van der Waals surface area contributed by atoms with E-state index in [1.807, 2.05) is 0 Å². The normalized spacial score (nSPS) is 11.4. The van der Waals surface area contributed by atoms with Crippen molar-refractivity contribution in [1.82, 2.24) is 0 Å². The van der Waals surface area contributed by atoms with Gasteiger partial charge in [0.05, 0.1) is 8.07 Å². The highest BCUT2D eigenvalue weighted by Gasteiger charge is 2.22. The molecule has 0 radical (unpaired) electrons. The van der Waals surface area contributed by atoms with Gasteiger partial charge in [-0.1, -0.05) is 225 Å². The van der Waals surface area contributed by atoms with Crippen molar-refractivity contribution in [3.05, 3.63) is 277 Å². The van der Waals surface area contributed by atoms with Crippen molar-refractivity contribution < 1.29 is 0 Å². The van der Waals surface area contributed by atoms with Gasteiger partial charge in [0.15, 0.2) is 0 Å². The number of nitrogens with zero attached hydrogens (tertiary/aromatic N) is 1. The summed E-state index contributed by atoms with van der Waals surface area (Å²) in [6.07, 6.45) is 0. The number of anilines is 3. The minimum absolute atomic E-state index is 1.09. The lowest BCUT2D eigenvalue weighted by atomic mass is 9.84. The lowest BCUT2D eigenvalue weighted by molar-refractivity contribution is 1.28. The zero-order chi connectivity index (χ0) is 51.6. The first-order valence-corrected chi connectivity index (χ1v) is 29.8. The standard InChI is InChI=1S/C73H63NSi/c1-50-68(56-23-14-9-15-24-56)48-69(57-25-16-10-17-26-57)51(2)72(50)60-33-41-65(42-34-60)74(64-39-31-55(32-40-64)63-30-20-29-62(47-63)54-21-12-8-13-22-54)66-43-35-61(36-44-66)73-52(3)70(58-27-18-11-19-28-58)49-71(53(73)4)59-37-45-67(46-38-59)75(5,6)7/h8-49H,1-7H3. The first-order chi connectivity index (χ1) is 36.5. The van der Waals surface area contributed by atoms with Gasteiger partial charge < -0.3 is 4.90 Å². The molecule has 0 unspecified atom stereocenters. The van der Waals surface area contributed by atoms with E-state index in [2.05, 4.69) is 307 Å². The molecule has 0 N–H and O–H groups in total. The van der Waals surface area contributed by atoms with Gasteiger partial charge in [0.2, 0.25) is 0 Å². The Morgan fingerprint density at radius 1 is 0.240 bits per heavy atom. The van der Waals surface area contributed by atoms with Crippen LogP contribution in [0.5, 0.6) is 0 Å². The molecule has 0 aliphatic rings. The van der Waals surface area contributed by atoms with Crippen LogP contribution < -0.4 is 10.1 Å². The molecule has 0 saturated heterocycles. The van der Waals surface area contributed by atoms with Gasteiger partial charge in [-0.25, -0.2) is 0 Å². The molecule has 75 heavy (non-hydrogen) atoms. The molecule has 0 fully saturated rings. The smallest absolute Gasteiger partial charge is 0.0775 e. The lowest BCUT2D eigenvalue weighted by Gasteiger charge is -2.27. The Kier molecular flexibility index (Phi) is 13.5. The first kappa shape index (κ1) is 48.7. The van der Waals surface area contributed by atoms with E-state index in [-0.39, 0.29) is 0 Å². The van der Waals surface area contributed by atoms with Crippen LogP contribution in [0.3, 0.4) is 0 Å². The molecule has 11 aromatic carbocycles. The number of benzene rings is 11. The molecule has 0 aromatic heterocycles. The number of hydrogen-bond acceptors (Lipinski definition) is 1. The Hall–Kier alpha value is -8.56. The zero-order valence-corrected chi connectivity index (χ0v) is 45.2. The van der Waals surface area contributed by atoms with Gasteiger partial charge in [-0.05, 0) is 194 Å². The molecule has 1 nitrogen and oxygen atoms in total. The fourth-order valence-corrected chi connectivity index (χ4v) is 12.4. The molecule has 0 amide bonds. The molecule has 11 rings (SSSR count). The quantitative estimate of drug-likeness (QED) is 0.110. The summed E-state index contributed by atoms with van der Waals surface area (Å²) in [5, 5.41) is 1.47. The van der Waals surface area contributed by atoms with Crippen LogP contribution in [0.1, 0.15) is 22.3 Å². The van der Waals surface area contributed by atoms with Crippen LogP contribution in [-0.4, -0.2) is 8.07 Å². The molecule has 0 aliphatic carbocycles. The summed E-state index contributed by atoms with van der Waals surface area (Å²) in [4.78, 5) is 2.40. The average molecular weight is 982 g/mol. The van der Waals surface area contributed by atoms with E-state index in [0.717, 1.165) is 17.1 Å². The van der Waals surface area contributed by atoms with Crippen molar-refractivity contribution in [3.8, 4) is 89.0 Å². The average Bonchev–Trinajstić information content (AvgIpc) is 3.45. The van der Waals surface area contributed by atoms with Gasteiger partial charge in [0.1, 0.15) is 0 Å². The third kappa shape index (κ3) is 9.86. The summed E-state index contributed by atoms with van der Waals surface area (Å²) in [6.45, 7) is 16.4. The largest absolute Gasteiger partial charge is 0.311 e. The van der Waals surface area contributed by atoms with E-state index < -0.39 is 8.07 Å². The molecule has 364 valence electrons. The van der Waals surface area contributed by atoms with Gasteiger partial charge in [-0.2, -0.15) is 0 Å². The lowest BCUT2D eigenvalue weighted by Crippen LogP contribution is -2.37. The van der Waals surface area contributed by atoms with E-state index in [1.165, 1.54) is 116 Å². The highest BCUT2D eigenvalue weighted by molar-refractivity contribution is 6.88. The highest BCUT2D eigenvalue weighted by atomic mass is 28.3. The van der Waals surface area contributed by atoms with Crippen molar-refractivity contribution in [2.45, 2.75) is 47.3 Å². The van der Waals surface area contributed by atoms with Crippen molar-refractivity contribution in [2.24, 2.45) is 0 Å². The Morgan fingerprint density at radius 3 is 0.840 bits per heavy atom. The summed E-state index contributed by atoms with van der Waals surface area (Å²) in [6, 6.07) is 93.8. The molecule has 0 bridgehead atoms. The molecular formula is C73H63NSi. The Morgan fingerprint density at radius 2 is 0.507 bits per heavy atom. The van der Waals surface area contributed by atoms with Crippen LogP contribution >= 0.6 is 0 Å². The Balaban J connectivity index is 1.02. The molecule has 0 saturated carbocycles. The molecular weight excluding hydrogens is 919 g/mol. The molecule has 0 atom stereocenters. The Labute approximate surface area is 446 Å². The predicted molar refractivity (Wildman–Crippen MR) is 327 cm³/mol. The van der Waals surface area contributed by atoms with Crippen LogP contribution in [0, 0.1) is 27.7 Å². The van der Waals surface area contributed by atoms with Crippen molar-refractivity contribution >= 4 is 30.3 Å². The third-order valence-electron chi connectivity index (χ3n) is 15.3. The fraction of sp³-hybridized carbons (Fsp3) is 0.0959. The minimum Gasteiger partial charge on any atom is -0.311 e. The third-order valence-corrected chi connectivity index (χ3v) is 17.3. The topological polar surface area (TPSA) is 3.24 Å². The summed E-state index contributed by atoms with van der Waals surface area (Å²) in [5.74, 6) is 0. The summed E-state index contributed by atoms with van der Waals surface area (Å²) >= 11 is 0. The second kappa shape index (κ2) is 20.7. The Bertz CT molecular complexity index is 3700. The van der Waals surface area contributed by atoms with E-state index >= 15 is 0 Å². The molecule has 0 spiro atoms. The van der Waals surface area contributed by atoms with Crippen LogP contribution in [0.2, 0.25) is 19.6 Å². The zero-order valence-electron chi connectivity index (χ0n) is 44.2. The van der Waals surface area contributed by atoms with Gasteiger partial charge in [0, 0.05) is 17.1 Å². The van der Waals surface area contributed by atoms with Crippen LogP contribution in [0.15, 0.2) is 255 Å². The van der Waals surface area contributed by atoms with Crippen LogP contribution in [0.4, 0.5) is 17.1 Å². The van der Waals surface area contributed by atoms with Crippen molar-refractivity contribution in [3.63, 3.8) is 0 Å². The molecule has 0 aliphatic heterocycles. The maximum Gasteiger partial charge on any atom is 0.0775 e. The van der Waals surface area contributed by atoms with Gasteiger partial charge >= 0.3 is 0 Å². The van der Waals surface area contributed by atoms with Crippen molar-refractivity contribution in [2.75, 3.05) is 4.90 Å². The highest BCUT2D eigenvalue weighted by Crippen LogP contribution is 2.45. The van der Waals surface area contributed by atoms with E-state index in [0.29, 0.717) is 0 Å². The first-order valence-electron chi connectivity index (χ1n) is 26.3. The van der Waals surface area contributed by atoms with Crippen LogP contribution in [0.25, 0.3) is 89.0 Å². The second-order valence-electron chi connectivity index (χ2n) is 21.0. The van der Waals surface area contributed by atoms with Crippen molar-refractivity contribution in [1.29, 1.82) is 0 Å². The fourth-order valence-electron chi connectivity index (χ4n) is 11.2. The minimum atomic E-state index is -1.46. The molecule has 2 heteroatoms. The maximum atomic E-state index is 2.42. The van der Waals surface area contributed by atoms with Gasteiger partial charge in [-0.3, -0.25) is 0 Å².